The van der Waals surface area contributed by atoms with Crippen LogP contribution in [0.4, 0.5) is 0 Å². The van der Waals surface area contributed by atoms with Crippen LogP contribution in [0.1, 0.15) is 45.7 Å². The summed E-state index contributed by atoms with van der Waals surface area (Å²) in [4.78, 5) is 23.8. The molecule has 20 heavy (non-hydrogen) atoms. The summed E-state index contributed by atoms with van der Waals surface area (Å²) in [5, 5.41) is 12.1. The number of hydrogen-bond donors (Lipinski definition) is 2. The first kappa shape index (κ1) is 16.2. The van der Waals surface area contributed by atoms with Gasteiger partial charge >= 0.3 is 5.97 Å². The minimum atomic E-state index is -1.10. The van der Waals surface area contributed by atoms with E-state index in [2.05, 4.69) is 5.32 Å². The van der Waals surface area contributed by atoms with Gasteiger partial charge in [-0.25, -0.2) is 4.79 Å². The van der Waals surface area contributed by atoms with Gasteiger partial charge in [0, 0.05) is 7.11 Å². The molecule has 1 aromatic carbocycles. The maximum Gasteiger partial charge on any atom is 0.336 e. The van der Waals surface area contributed by atoms with Crippen molar-refractivity contribution in [2.75, 3.05) is 13.7 Å². The fourth-order valence-electron chi connectivity index (χ4n) is 2.15. The van der Waals surface area contributed by atoms with E-state index in [1.54, 1.807) is 33.1 Å². The van der Waals surface area contributed by atoms with Crippen LogP contribution in [0.5, 0.6) is 0 Å². The van der Waals surface area contributed by atoms with Crippen LogP contribution in [-0.4, -0.2) is 36.2 Å². The molecule has 0 saturated carbocycles. The van der Waals surface area contributed by atoms with Crippen molar-refractivity contribution in [1.82, 2.24) is 5.32 Å². The Hall–Kier alpha value is -1.88. The molecule has 0 spiro atoms. The van der Waals surface area contributed by atoms with E-state index in [0.717, 1.165) is 0 Å². The zero-order valence-corrected chi connectivity index (χ0v) is 12.5. The van der Waals surface area contributed by atoms with E-state index < -0.39 is 17.4 Å². The maximum absolute atomic E-state index is 12.4. The van der Waals surface area contributed by atoms with Gasteiger partial charge < -0.3 is 15.2 Å². The molecule has 0 radical (unpaired) electrons. The first-order valence-electron chi connectivity index (χ1n) is 6.34. The minimum absolute atomic E-state index is 0.0516. The van der Waals surface area contributed by atoms with Gasteiger partial charge in [0.25, 0.3) is 5.91 Å². The number of aromatic carboxylic acids is 1. The number of carbonyl (C=O) groups is 2. The van der Waals surface area contributed by atoms with Gasteiger partial charge in [0.2, 0.25) is 0 Å². The Bertz CT molecular complexity index is 535. The predicted octanol–water partition coefficient (Wildman–Crippen LogP) is 2.16. The van der Waals surface area contributed by atoms with Crippen LogP contribution in [-0.2, 0) is 4.74 Å². The highest BCUT2D eigenvalue weighted by Crippen LogP contribution is 2.20. The quantitative estimate of drug-likeness (QED) is 0.866. The number of hydrogen-bond acceptors (Lipinski definition) is 3. The molecule has 110 valence electrons. The van der Waals surface area contributed by atoms with Gasteiger partial charge in [-0.2, -0.15) is 0 Å². The SMILES string of the molecule is COCC(C)(C)NC(=O)c1c(C)ccc(C)c1C(=O)O. The lowest BCUT2D eigenvalue weighted by Crippen LogP contribution is -2.47. The van der Waals surface area contributed by atoms with E-state index in [9.17, 15) is 14.7 Å². The largest absolute Gasteiger partial charge is 0.478 e. The molecule has 0 fully saturated rings. The van der Waals surface area contributed by atoms with E-state index in [0.29, 0.717) is 17.7 Å². The lowest BCUT2D eigenvalue weighted by Gasteiger charge is -2.26. The summed E-state index contributed by atoms with van der Waals surface area (Å²) in [5.74, 6) is -1.49. The predicted molar refractivity (Wildman–Crippen MR) is 76.3 cm³/mol. The van der Waals surface area contributed by atoms with Crippen molar-refractivity contribution in [2.24, 2.45) is 0 Å². The zero-order chi connectivity index (χ0) is 15.5. The number of carboxylic acids is 1. The first-order chi connectivity index (χ1) is 9.19. The van der Waals surface area contributed by atoms with E-state index in [-0.39, 0.29) is 11.1 Å². The van der Waals surface area contributed by atoms with Gasteiger partial charge in [0.15, 0.2) is 0 Å². The van der Waals surface area contributed by atoms with Gasteiger partial charge in [-0.3, -0.25) is 4.79 Å². The second kappa shape index (κ2) is 6.05. The Balaban J connectivity index is 3.22. The Morgan fingerprint density at radius 1 is 1.20 bits per heavy atom. The molecule has 0 aromatic heterocycles. The Morgan fingerprint density at radius 3 is 2.15 bits per heavy atom. The summed E-state index contributed by atoms with van der Waals surface area (Å²) in [5.41, 5.74) is 0.895. The molecule has 0 heterocycles. The van der Waals surface area contributed by atoms with Crippen molar-refractivity contribution in [3.63, 3.8) is 0 Å². The molecule has 0 unspecified atom stereocenters. The van der Waals surface area contributed by atoms with E-state index >= 15 is 0 Å². The number of methoxy groups -OCH3 is 1. The monoisotopic (exact) mass is 279 g/mol. The third kappa shape index (κ3) is 3.57. The van der Waals surface area contributed by atoms with Crippen LogP contribution in [0.3, 0.4) is 0 Å². The first-order valence-corrected chi connectivity index (χ1v) is 6.34. The number of nitrogens with one attached hydrogen (secondary N) is 1. The van der Waals surface area contributed by atoms with Crippen LogP contribution >= 0.6 is 0 Å². The molecule has 5 heteroatoms. The lowest BCUT2D eigenvalue weighted by atomic mass is 9.95. The van der Waals surface area contributed by atoms with E-state index in [1.807, 2.05) is 13.8 Å². The van der Waals surface area contributed by atoms with Crippen molar-refractivity contribution in [1.29, 1.82) is 0 Å². The smallest absolute Gasteiger partial charge is 0.336 e. The number of amides is 1. The van der Waals surface area contributed by atoms with Crippen molar-refractivity contribution in [3.05, 3.63) is 34.4 Å². The maximum atomic E-state index is 12.4. The average Bonchev–Trinajstić information content (AvgIpc) is 2.30. The lowest BCUT2D eigenvalue weighted by molar-refractivity contribution is 0.0684. The molecule has 0 aliphatic heterocycles. The van der Waals surface area contributed by atoms with Gasteiger partial charge in [-0.1, -0.05) is 12.1 Å². The summed E-state index contributed by atoms with van der Waals surface area (Å²) < 4.78 is 5.04. The molecule has 1 rings (SSSR count). The van der Waals surface area contributed by atoms with Gasteiger partial charge in [-0.05, 0) is 38.8 Å². The topological polar surface area (TPSA) is 75.6 Å². The zero-order valence-electron chi connectivity index (χ0n) is 12.5. The number of rotatable bonds is 5. The van der Waals surface area contributed by atoms with Crippen LogP contribution < -0.4 is 5.32 Å². The number of carboxylic acid groups (broad SMARTS) is 1. The highest BCUT2D eigenvalue weighted by molar-refractivity contribution is 6.06. The van der Waals surface area contributed by atoms with Crippen LogP contribution in [0, 0.1) is 13.8 Å². The molecule has 1 aromatic rings. The number of aryl methyl sites for hydroxylation is 2. The standard InChI is InChI=1S/C15H21NO4/c1-9-6-7-10(2)12(14(18)19)11(9)13(17)16-15(3,4)8-20-5/h6-7H,8H2,1-5H3,(H,16,17)(H,18,19). The van der Waals surface area contributed by atoms with Crippen LogP contribution in [0.15, 0.2) is 12.1 Å². The van der Waals surface area contributed by atoms with Crippen LogP contribution in [0.25, 0.3) is 0 Å². The normalized spacial score (nSPS) is 11.2. The molecule has 0 bridgehead atoms. The van der Waals surface area contributed by atoms with Crippen molar-refractivity contribution < 1.29 is 19.4 Å². The van der Waals surface area contributed by atoms with Crippen molar-refractivity contribution >= 4 is 11.9 Å². The van der Waals surface area contributed by atoms with Crippen molar-refractivity contribution in [2.45, 2.75) is 33.2 Å². The Labute approximate surface area is 118 Å². The minimum Gasteiger partial charge on any atom is -0.478 e. The second-order valence-corrected chi connectivity index (χ2v) is 5.53. The summed E-state index contributed by atoms with van der Waals surface area (Å²) in [6.07, 6.45) is 0. The number of benzene rings is 1. The average molecular weight is 279 g/mol. The van der Waals surface area contributed by atoms with Gasteiger partial charge in [-0.15, -0.1) is 0 Å². The summed E-state index contributed by atoms with van der Waals surface area (Å²) in [6, 6.07) is 3.45. The molecule has 0 atom stereocenters. The molecule has 1 amide bonds. The Kier molecular flexibility index (Phi) is 4.89. The molecular formula is C15H21NO4. The molecule has 2 N–H and O–H groups in total. The highest BCUT2D eigenvalue weighted by atomic mass is 16.5. The fraction of sp³-hybridized carbons (Fsp3) is 0.467. The number of carbonyl (C=O) groups excluding carboxylic acids is 1. The van der Waals surface area contributed by atoms with E-state index in [4.69, 9.17) is 4.74 Å². The van der Waals surface area contributed by atoms with Gasteiger partial charge in [0.1, 0.15) is 0 Å². The summed E-state index contributed by atoms with van der Waals surface area (Å²) >= 11 is 0. The second-order valence-electron chi connectivity index (χ2n) is 5.53. The molecule has 5 nitrogen and oxygen atoms in total. The van der Waals surface area contributed by atoms with Crippen LogP contribution in [0.2, 0.25) is 0 Å². The molecule has 0 saturated heterocycles. The summed E-state index contributed by atoms with van der Waals surface area (Å²) in [7, 11) is 1.55. The highest BCUT2D eigenvalue weighted by Gasteiger charge is 2.26. The Morgan fingerprint density at radius 2 is 1.70 bits per heavy atom. The third-order valence-electron chi connectivity index (χ3n) is 3.02. The fourth-order valence-corrected chi connectivity index (χ4v) is 2.15. The summed E-state index contributed by atoms with van der Waals surface area (Å²) in [6.45, 7) is 7.38. The molecule has 0 aliphatic carbocycles. The third-order valence-corrected chi connectivity index (χ3v) is 3.02. The van der Waals surface area contributed by atoms with E-state index in [1.165, 1.54) is 0 Å². The van der Waals surface area contributed by atoms with Crippen molar-refractivity contribution in [3.8, 4) is 0 Å². The van der Waals surface area contributed by atoms with Gasteiger partial charge in [0.05, 0.1) is 23.3 Å². The molecule has 0 aliphatic rings. The number of ether oxygens (including phenoxy) is 1. The molecular weight excluding hydrogens is 258 g/mol.